The monoisotopic (exact) mass is 214 g/mol. The van der Waals surface area contributed by atoms with E-state index < -0.39 is 0 Å². The van der Waals surface area contributed by atoms with Crippen LogP contribution in [0.4, 0.5) is 0 Å². The highest BCUT2D eigenvalue weighted by atomic mass is 16.3. The second-order valence-electron chi connectivity index (χ2n) is 5.42. The lowest BCUT2D eigenvalue weighted by Crippen LogP contribution is -2.28. The molecule has 0 rings (SSSR count). The average Bonchev–Trinajstić information content (AvgIpc) is 2.16. The van der Waals surface area contributed by atoms with Crippen LogP contribution in [-0.4, -0.2) is 17.3 Å². The van der Waals surface area contributed by atoms with Gasteiger partial charge in [0.15, 0.2) is 12.6 Å². The molecule has 0 amide bonds. The molecule has 0 aromatic heterocycles. The van der Waals surface area contributed by atoms with Gasteiger partial charge in [0.1, 0.15) is 0 Å². The number of hydrogen-bond acceptors (Lipinski definition) is 1. The first-order chi connectivity index (χ1) is 6.88. The smallest absolute Gasteiger partial charge is 0.0651 e. The minimum Gasteiger partial charge on any atom is -0.0651 e. The Balaban J connectivity index is 3.99. The van der Waals surface area contributed by atoms with Crippen LogP contribution in [-0.2, 0) is 0 Å². The first kappa shape index (κ1) is 14.6. The highest BCUT2D eigenvalue weighted by molar-refractivity contribution is 4.59. The van der Waals surface area contributed by atoms with Crippen LogP contribution in [0, 0.1) is 22.7 Å². The maximum absolute atomic E-state index is 11.8. The molecule has 0 aliphatic rings. The molecule has 0 heterocycles. The Hall–Kier alpha value is -0.400. The van der Waals surface area contributed by atoms with E-state index >= 15 is 0 Å². The molecule has 0 spiro atoms. The molecule has 0 saturated heterocycles. The SMILES string of the molecule is CCC(C)CC(C)[N+](=O)CC(C)C(C)C. The zero-order valence-corrected chi connectivity index (χ0v) is 11.3. The Morgan fingerprint density at radius 3 is 2.00 bits per heavy atom. The standard InChI is InChI=1S/C13H28NO/c1-7-11(4)8-13(6)14(15)9-12(5)10(2)3/h10-13H,7-9H2,1-6H3/q+1. The van der Waals surface area contributed by atoms with Gasteiger partial charge in [0.2, 0.25) is 0 Å². The molecule has 3 unspecified atom stereocenters. The lowest BCUT2D eigenvalue weighted by Gasteiger charge is -2.14. The van der Waals surface area contributed by atoms with Gasteiger partial charge in [0, 0.05) is 28.9 Å². The molecule has 0 N–H and O–H groups in total. The molecule has 0 aliphatic carbocycles. The summed E-state index contributed by atoms with van der Waals surface area (Å²) in [5.41, 5.74) is 0. The van der Waals surface area contributed by atoms with E-state index in [2.05, 4.69) is 34.6 Å². The average molecular weight is 214 g/mol. The zero-order valence-electron chi connectivity index (χ0n) is 11.3. The summed E-state index contributed by atoms with van der Waals surface area (Å²) in [5.74, 6) is 1.74. The van der Waals surface area contributed by atoms with Crippen LogP contribution in [0.3, 0.4) is 0 Å². The summed E-state index contributed by atoms with van der Waals surface area (Å²) < 4.78 is 1.27. The van der Waals surface area contributed by atoms with Crippen LogP contribution in [0.25, 0.3) is 0 Å². The van der Waals surface area contributed by atoms with Crippen LogP contribution in [0.2, 0.25) is 0 Å². The van der Waals surface area contributed by atoms with Crippen LogP contribution in [0.1, 0.15) is 54.4 Å². The van der Waals surface area contributed by atoms with Gasteiger partial charge in [0.25, 0.3) is 0 Å². The van der Waals surface area contributed by atoms with E-state index in [1.165, 1.54) is 4.76 Å². The molecule has 3 atom stereocenters. The minimum atomic E-state index is 0.168. The second kappa shape index (κ2) is 6.97. The van der Waals surface area contributed by atoms with Crippen molar-refractivity contribution in [3.8, 4) is 0 Å². The molecule has 15 heavy (non-hydrogen) atoms. The van der Waals surface area contributed by atoms with E-state index in [1.54, 1.807) is 0 Å². The highest BCUT2D eigenvalue weighted by Gasteiger charge is 2.25. The maximum atomic E-state index is 11.8. The predicted octanol–water partition coefficient (Wildman–Crippen LogP) is 3.88. The number of rotatable bonds is 7. The Bertz CT molecular complexity index is 189. The number of nitroso groups, excluding NO2 is 1. The molecule has 0 aromatic carbocycles. The molecule has 0 bridgehead atoms. The van der Waals surface area contributed by atoms with Crippen LogP contribution >= 0.6 is 0 Å². The summed E-state index contributed by atoms with van der Waals surface area (Å²) in [4.78, 5) is 11.8. The van der Waals surface area contributed by atoms with Crippen molar-refractivity contribution in [3.05, 3.63) is 4.91 Å². The van der Waals surface area contributed by atoms with Crippen molar-refractivity contribution in [2.75, 3.05) is 6.54 Å². The maximum Gasteiger partial charge on any atom is 0.198 e. The third-order valence-corrected chi connectivity index (χ3v) is 3.54. The van der Waals surface area contributed by atoms with Gasteiger partial charge < -0.3 is 0 Å². The van der Waals surface area contributed by atoms with Crippen molar-refractivity contribution in [2.45, 2.75) is 60.4 Å². The van der Waals surface area contributed by atoms with Crippen molar-refractivity contribution >= 4 is 0 Å². The number of nitrogens with zero attached hydrogens (tertiary/aromatic N) is 1. The van der Waals surface area contributed by atoms with E-state index in [0.717, 1.165) is 12.8 Å². The Kier molecular flexibility index (Phi) is 6.78. The summed E-state index contributed by atoms with van der Waals surface area (Å²) in [6.07, 6.45) is 2.18. The van der Waals surface area contributed by atoms with Gasteiger partial charge in [-0.25, -0.2) is 0 Å². The Morgan fingerprint density at radius 1 is 1.07 bits per heavy atom. The van der Waals surface area contributed by atoms with Crippen molar-refractivity contribution in [3.63, 3.8) is 0 Å². The molecule has 0 saturated carbocycles. The van der Waals surface area contributed by atoms with Gasteiger partial charge in [-0.3, -0.25) is 0 Å². The normalized spacial score (nSPS) is 17.5. The fourth-order valence-corrected chi connectivity index (χ4v) is 1.54. The predicted molar refractivity (Wildman–Crippen MR) is 66.0 cm³/mol. The van der Waals surface area contributed by atoms with Gasteiger partial charge in [-0.2, -0.15) is 0 Å². The molecule has 90 valence electrons. The Labute approximate surface area is 95.0 Å². The first-order valence-corrected chi connectivity index (χ1v) is 6.32. The highest BCUT2D eigenvalue weighted by Crippen LogP contribution is 2.15. The van der Waals surface area contributed by atoms with Crippen LogP contribution in [0.5, 0.6) is 0 Å². The molecule has 0 fully saturated rings. The van der Waals surface area contributed by atoms with Gasteiger partial charge in [-0.15, -0.1) is 0 Å². The van der Waals surface area contributed by atoms with Gasteiger partial charge in [-0.05, 0) is 11.8 Å². The van der Waals surface area contributed by atoms with Crippen molar-refractivity contribution in [1.29, 1.82) is 0 Å². The van der Waals surface area contributed by atoms with Crippen LogP contribution < -0.4 is 0 Å². The molecule has 2 heteroatoms. The van der Waals surface area contributed by atoms with E-state index in [4.69, 9.17) is 0 Å². The second-order valence-corrected chi connectivity index (χ2v) is 5.42. The molecule has 0 aromatic rings. The summed E-state index contributed by atoms with van der Waals surface area (Å²) in [7, 11) is 0. The molecular formula is C13H28NO+. The van der Waals surface area contributed by atoms with E-state index in [1.807, 2.05) is 6.92 Å². The zero-order chi connectivity index (χ0) is 12.0. The molecule has 0 aliphatic heterocycles. The topological polar surface area (TPSA) is 20.1 Å². The van der Waals surface area contributed by atoms with Gasteiger partial charge >= 0.3 is 0 Å². The van der Waals surface area contributed by atoms with E-state index in [0.29, 0.717) is 24.3 Å². The van der Waals surface area contributed by atoms with Crippen molar-refractivity contribution in [1.82, 2.24) is 0 Å². The largest absolute Gasteiger partial charge is 0.198 e. The van der Waals surface area contributed by atoms with Gasteiger partial charge in [-0.1, -0.05) is 41.0 Å². The lowest BCUT2D eigenvalue weighted by molar-refractivity contribution is -0.590. The quantitative estimate of drug-likeness (QED) is 0.589. The first-order valence-electron chi connectivity index (χ1n) is 6.32. The van der Waals surface area contributed by atoms with Gasteiger partial charge in [0.05, 0.1) is 0 Å². The van der Waals surface area contributed by atoms with Crippen LogP contribution in [0.15, 0.2) is 0 Å². The fourth-order valence-electron chi connectivity index (χ4n) is 1.54. The minimum absolute atomic E-state index is 0.168. The lowest BCUT2D eigenvalue weighted by atomic mass is 9.96. The Morgan fingerprint density at radius 2 is 1.60 bits per heavy atom. The summed E-state index contributed by atoms with van der Waals surface area (Å²) in [6.45, 7) is 13.6. The summed E-state index contributed by atoms with van der Waals surface area (Å²) >= 11 is 0. The van der Waals surface area contributed by atoms with Crippen molar-refractivity contribution < 1.29 is 4.76 Å². The van der Waals surface area contributed by atoms with Crippen molar-refractivity contribution in [2.24, 2.45) is 17.8 Å². The fraction of sp³-hybridized carbons (Fsp3) is 1.00. The molecular weight excluding hydrogens is 186 g/mol. The number of hydrogen-bond donors (Lipinski definition) is 0. The molecule has 2 nitrogen and oxygen atoms in total. The third kappa shape index (κ3) is 5.91. The summed E-state index contributed by atoms with van der Waals surface area (Å²) in [6, 6.07) is 0.168. The molecule has 0 radical (unpaired) electrons. The van der Waals surface area contributed by atoms with E-state index in [9.17, 15) is 4.91 Å². The third-order valence-electron chi connectivity index (χ3n) is 3.54. The van der Waals surface area contributed by atoms with E-state index in [-0.39, 0.29) is 6.04 Å². The summed E-state index contributed by atoms with van der Waals surface area (Å²) in [5, 5.41) is 0.